The molecule has 0 aromatic carbocycles. The number of nitrogens with zero attached hydrogens (tertiary/aromatic N) is 5. The minimum Gasteiger partial charge on any atom is -0.368 e. The molecule has 0 bridgehead atoms. The zero-order valence-electron chi connectivity index (χ0n) is 7.24. The quantitative estimate of drug-likeness (QED) is 0.628. The van der Waals surface area contributed by atoms with Crippen LogP contribution in [0.4, 0.5) is 0 Å². The first kappa shape index (κ1) is 7.57. The topological polar surface area (TPSA) is 69.0 Å². The molecule has 1 aliphatic heterocycles. The van der Waals surface area contributed by atoms with Crippen LogP contribution in [-0.4, -0.2) is 31.8 Å². The van der Waals surface area contributed by atoms with Gasteiger partial charge in [-0.15, -0.1) is 5.10 Å². The molecule has 0 amide bonds. The average molecular weight is 189 g/mol. The molecule has 2 aromatic rings. The van der Waals surface area contributed by atoms with Gasteiger partial charge < -0.3 is 4.74 Å². The summed E-state index contributed by atoms with van der Waals surface area (Å²) in [6.07, 6.45) is 3.54. The van der Waals surface area contributed by atoms with Gasteiger partial charge in [-0.2, -0.15) is 4.68 Å². The number of epoxide rings is 1. The second-order valence-corrected chi connectivity index (χ2v) is 3.03. The third kappa shape index (κ3) is 1.25. The molecule has 0 saturated carbocycles. The predicted octanol–water partition coefficient (Wildman–Crippen LogP) is 0.129. The average Bonchev–Trinajstić information content (AvgIpc) is 2.94. The molecule has 0 aliphatic carbocycles. The largest absolute Gasteiger partial charge is 0.368 e. The van der Waals surface area contributed by atoms with Crippen LogP contribution >= 0.6 is 0 Å². The summed E-state index contributed by atoms with van der Waals surface area (Å²) in [5.41, 5.74) is 1.10. The smallest absolute Gasteiger partial charge is 0.156 e. The van der Waals surface area contributed by atoms with Gasteiger partial charge in [0.2, 0.25) is 0 Å². The SMILES string of the molecule is c1cc(-n2cnnn2)ncc1[C@H]1CO1. The van der Waals surface area contributed by atoms with E-state index in [1.807, 2.05) is 12.1 Å². The van der Waals surface area contributed by atoms with Crippen molar-refractivity contribution < 1.29 is 4.74 Å². The van der Waals surface area contributed by atoms with Crippen LogP contribution in [-0.2, 0) is 4.74 Å². The Morgan fingerprint density at radius 1 is 1.43 bits per heavy atom. The summed E-state index contributed by atoms with van der Waals surface area (Å²) in [5, 5.41) is 10.8. The lowest BCUT2D eigenvalue weighted by molar-refractivity contribution is 0.415. The van der Waals surface area contributed by atoms with Gasteiger partial charge in [-0.1, -0.05) is 6.07 Å². The van der Waals surface area contributed by atoms with Crippen LogP contribution in [0.2, 0.25) is 0 Å². The van der Waals surface area contributed by atoms with Gasteiger partial charge in [0.1, 0.15) is 12.4 Å². The maximum atomic E-state index is 5.14. The van der Waals surface area contributed by atoms with Crippen molar-refractivity contribution in [2.24, 2.45) is 0 Å². The second kappa shape index (κ2) is 2.85. The highest BCUT2D eigenvalue weighted by Gasteiger charge is 2.24. The summed E-state index contributed by atoms with van der Waals surface area (Å²) < 4.78 is 6.65. The molecule has 3 heterocycles. The molecule has 1 saturated heterocycles. The summed E-state index contributed by atoms with van der Waals surface area (Å²) in [7, 11) is 0. The number of hydrogen-bond acceptors (Lipinski definition) is 5. The minimum absolute atomic E-state index is 0.241. The Labute approximate surface area is 79.5 Å². The molecular formula is C8H7N5O. The zero-order chi connectivity index (χ0) is 9.38. The van der Waals surface area contributed by atoms with Gasteiger partial charge >= 0.3 is 0 Å². The third-order valence-corrected chi connectivity index (χ3v) is 2.06. The zero-order valence-corrected chi connectivity index (χ0v) is 7.24. The Kier molecular flexibility index (Phi) is 1.54. The van der Waals surface area contributed by atoms with Gasteiger partial charge in [-0.25, -0.2) is 4.98 Å². The summed E-state index contributed by atoms with van der Waals surface area (Å²) in [6.45, 7) is 0.798. The number of hydrogen-bond donors (Lipinski definition) is 0. The summed E-state index contributed by atoms with van der Waals surface area (Å²) in [4.78, 5) is 4.22. The van der Waals surface area contributed by atoms with Crippen LogP contribution in [0.25, 0.3) is 5.82 Å². The van der Waals surface area contributed by atoms with E-state index in [1.165, 1.54) is 11.0 Å². The number of pyridine rings is 1. The van der Waals surface area contributed by atoms with Crippen molar-refractivity contribution in [1.29, 1.82) is 0 Å². The van der Waals surface area contributed by atoms with Crippen molar-refractivity contribution in [2.75, 3.05) is 6.61 Å². The van der Waals surface area contributed by atoms with Crippen LogP contribution < -0.4 is 0 Å². The molecule has 1 atom stereocenters. The summed E-state index contributed by atoms with van der Waals surface area (Å²) in [6, 6.07) is 3.84. The van der Waals surface area contributed by atoms with E-state index in [-0.39, 0.29) is 6.10 Å². The summed E-state index contributed by atoms with van der Waals surface area (Å²) in [5.74, 6) is 0.708. The standard InChI is InChI=1S/C8H7N5O/c1-2-8(13-5-10-11-12-13)9-3-6(1)7-4-14-7/h1-3,5,7H,4H2/t7-/m1/s1. The van der Waals surface area contributed by atoms with Crippen LogP contribution in [0.1, 0.15) is 11.7 Å². The first-order chi connectivity index (χ1) is 6.93. The van der Waals surface area contributed by atoms with Gasteiger partial charge in [0.05, 0.1) is 6.61 Å². The van der Waals surface area contributed by atoms with Gasteiger partial charge in [0, 0.05) is 11.8 Å². The molecule has 2 aromatic heterocycles. The lowest BCUT2D eigenvalue weighted by Gasteiger charge is -1.98. The van der Waals surface area contributed by atoms with Gasteiger partial charge in [-0.3, -0.25) is 0 Å². The molecule has 1 fully saturated rings. The number of ether oxygens (including phenoxy) is 1. The van der Waals surface area contributed by atoms with Crippen molar-refractivity contribution in [3.8, 4) is 5.82 Å². The second-order valence-electron chi connectivity index (χ2n) is 3.03. The molecule has 1 aliphatic rings. The summed E-state index contributed by atoms with van der Waals surface area (Å²) >= 11 is 0. The molecule has 6 nitrogen and oxygen atoms in total. The normalized spacial score (nSPS) is 19.6. The van der Waals surface area contributed by atoms with Gasteiger partial charge in [0.15, 0.2) is 5.82 Å². The van der Waals surface area contributed by atoms with E-state index < -0.39 is 0 Å². The van der Waals surface area contributed by atoms with E-state index in [1.54, 1.807) is 6.20 Å². The van der Waals surface area contributed by atoms with Crippen molar-refractivity contribution in [3.05, 3.63) is 30.2 Å². The fraction of sp³-hybridized carbons (Fsp3) is 0.250. The number of rotatable bonds is 2. The molecule has 6 heteroatoms. The first-order valence-electron chi connectivity index (χ1n) is 4.24. The monoisotopic (exact) mass is 189 g/mol. The Morgan fingerprint density at radius 2 is 2.36 bits per heavy atom. The molecule has 0 unspecified atom stereocenters. The van der Waals surface area contributed by atoms with Crippen molar-refractivity contribution in [1.82, 2.24) is 25.2 Å². The Bertz CT molecular complexity index is 420. The van der Waals surface area contributed by atoms with E-state index in [2.05, 4.69) is 20.5 Å². The molecule has 14 heavy (non-hydrogen) atoms. The Balaban J connectivity index is 1.93. The van der Waals surface area contributed by atoms with Gasteiger partial charge in [-0.05, 0) is 16.5 Å². The maximum Gasteiger partial charge on any atom is 0.156 e. The highest BCUT2D eigenvalue weighted by atomic mass is 16.6. The highest BCUT2D eigenvalue weighted by Crippen LogP contribution is 2.28. The van der Waals surface area contributed by atoms with Crippen LogP contribution in [0.15, 0.2) is 24.7 Å². The first-order valence-corrected chi connectivity index (χ1v) is 4.24. The van der Waals surface area contributed by atoms with Crippen LogP contribution in [0.3, 0.4) is 0 Å². The van der Waals surface area contributed by atoms with Crippen LogP contribution in [0.5, 0.6) is 0 Å². The number of aromatic nitrogens is 5. The molecule has 3 rings (SSSR count). The lowest BCUT2D eigenvalue weighted by Crippen LogP contribution is -1.98. The fourth-order valence-corrected chi connectivity index (χ4v) is 1.23. The Morgan fingerprint density at radius 3 is 2.93 bits per heavy atom. The number of tetrazole rings is 1. The van der Waals surface area contributed by atoms with Gasteiger partial charge in [0.25, 0.3) is 0 Å². The van der Waals surface area contributed by atoms with Crippen molar-refractivity contribution in [2.45, 2.75) is 6.10 Å². The molecule has 0 radical (unpaired) electrons. The molecule has 0 N–H and O–H groups in total. The van der Waals surface area contributed by atoms with E-state index in [0.29, 0.717) is 5.82 Å². The van der Waals surface area contributed by atoms with E-state index in [9.17, 15) is 0 Å². The lowest BCUT2D eigenvalue weighted by atomic mass is 10.2. The third-order valence-electron chi connectivity index (χ3n) is 2.06. The molecule has 0 spiro atoms. The minimum atomic E-state index is 0.241. The molecular weight excluding hydrogens is 182 g/mol. The maximum absolute atomic E-state index is 5.14. The van der Waals surface area contributed by atoms with Crippen molar-refractivity contribution >= 4 is 0 Å². The van der Waals surface area contributed by atoms with E-state index in [4.69, 9.17) is 4.74 Å². The van der Waals surface area contributed by atoms with E-state index >= 15 is 0 Å². The van der Waals surface area contributed by atoms with Crippen molar-refractivity contribution in [3.63, 3.8) is 0 Å². The van der Waals surface area contributed by atoms with Crippen LogP contribution in [0, 0.1) is 0 Å². The molecule has 70 valence electrons. The highest BCUT2D eigenvalue weighted by molar-refractivity contribution is 5.26. The predicted molar refractivity (Wildman–Crippen MR) is 45.6 cm³/mol. The Hall–Kier alpha value is -1.82. The fourth-order valence-electron chi connectivity index (χ4n) is 1.23. The van der Waals surface area contributed by atoms with E-state index in [0.717, 1.165) is 12.2 Å².